The van der Waals surface area contributed by atoms with Gasteiger partial charge in [-0.15, -0.1) is 0 Å². The molecule has 0 saturated carbocycles. The number of halogens is 1. The summed E-state index contributed by atoms with van der Waals surface area (Å²) >= 11 is 6.03. The number of carbonyl (C=O) groups is 1. The zero-order valence-electron chi connectivity index (χ0n) is 20.0. The van der Waals surface area contributed by atoms with Crippen molar-refractivity contribution in [3.8, 4) is 0 Å². The van der Waals surface area contributed by atoms with Gasteiger partial charge in [-0.2, -0.15) is 9.97 Å². The maximum absolute atomic E-state index is 13.0. The number of amides is 1. The summed E-state index contributed by atoms with van der Waals surface area (Å²) in [6, 6.07) is 20.2. The van der Waals surface area contributed by atoms with Gasteiger partial charge in [0.2, 0.25) is 5.28 Å². The van der Waals surface area contributed by atoms with Crippen LogP contribution in [0.1, 0.15) is 29.7 Å². The predicted octanol–water partition coefficient (Wildman–Crippen LogP) is 2.48. The Kier molecular flexibility index (Phi) is 7.33. The molecule has 192 valence electrons. The highest BCUT2D eigenvalue weighted by molar-refractivity contribution is 6.28. The van der Waals surface area contributed by atoms with Gasteiger partial charge in [-0.25, -0.2) is 4.98 Å². The van der Waals surface area contributed by atoms with E-state index in [1.165, 1.54) is 10.9 Å². The Labute approximate surface area is 218 Å². The van der Waals surface area contributed by atoms with Crippen LogP contribution in [0.4, 0.5) is 5.82 Å². The van der Waals surface area contributed by atoms with Crippen molar-refractivity contribution >= 4 is 34.5 Å². The summed E-state index contributed by atoms with van der Waals surface area (Å²) in [5.41, 5.74) is 3.00. The first-order valence-corrected chi connectivity index (χ1v) is 12.3. The first kappa shape index (κ1) is 25.1. The molecular formula is C26H27ClN6O4. The highest BCUT2D eigenvalue weighted by Gasteiger charge is 2.47. The minimum absolute atomic E-state index is 0.0210. The summed E-state index contributed by atoms with van der Waals surface area (Å²) < 4.78 is 7.26. The number of aliphatic hydroxyl groups is 2. The van der Waals surface area contributed by atoms with Crippen LogP contribution < -0.4 is 10.6 Å². The van der Waals surface area contributed by atoms with Gasteiger partial charge in [-0.3, -0.25) is 9.36 Å². The molecule has 1 saturated heterocycles. The molecule has 1 amide bonds. The number of anilines is 1. The van der Waals surface area contributed by atoms with Gasteiger partial charge in [0.1, 0.15) is 12.2 Å². The number of ether oxygens (including phenoxy) is 1. The molecule has 1 aliphatic rings. The molecule has 2 aromatic heterocycles. The van der Waals surface area contributed by atoms with Crippen molar-refractivity contribution in [3.05, 3.63) is 83.4 Å². The van der Waals surface area contributed by atoms with Crippen molar-refractivity contribution in [1.29, 1.82) is 0 Å². The second-order valence-electron chi connectivity index (χ2n) is 8.80. The maximum Gasteiger partial charge on any atom is 0.252 e. The first-order valence-electron chi connectivity index (χ1n) is 11.9. The molecule has 0 bridgehead atoms. The Morgan fingerprint density at radius 2 is 1.70 bits per heavy atom. The Hall–Kier alpha value is -3.57. The number of fused-ring (bicyclic) bond motifs is 1. The summed E-state index contributed by atoms with van der Waals surface area (Å²) in [4.78, 5) is 25.5. The van der Waals surface area contributed by atoms with Crippen LogP contribution in [0.15, 0.2) is 67.0 Å². The van der Waals surface area contributed by atoms with E-state index in [1.807, 2.05) is 36.4 Å². The molecule has 0 aliphatic carbocycles. The number of aliphatic hydroxyl groups excluding tert-OH is 2. The van der Waals surface area contributed by atoms with Gasteiger partial charge < -0.3 is 25.6 Å². The minimum Gasteiger partial charge on any atom is -0.387 e. The highest BCUT2D eigenvalue weighted by atomic mass is 35.5. The molecule has 37 heavy (non-hydrogen) atoms. The largest absolute Gasteiger partial charge is 0.387 e. The fraction of sp³-hybridized carbons (Fsp3) is 0.308. The van der Waals surface area contributed by atoms with Crippen LogP contribution in [-0.2, 0) is 9.53 Å². The van der Waals surface area contributed by atoms with Gasteiger partial charge in [-0.05, 0) is 29.1 Å². The Bertz CT molecular complexity index is 1330. The molecule has 5 rings (SSSR count). The number of carbonyl (C=O) groups excluding carboxylic acids is 1. The van der Waals surface area contributed by atoms with Gasteiger partial charge in [-0.1, -0.05) is 60.7 Å². The van der Waals surface area contributed by atoms with Crippen LogP contribution in [0.5, 0.6) is 0 Å². The van der Waals surface area contributed by atoms with Crippen molar-refractivity contribution < 1.29 is 19.7 Å². The number of benzene rings is 2. The quantitative estimate of drug-likeness (QED) is 0.259. The number of imidazole rings is 1. The van der Waals surface area contributed by atoms with Gasteiger partial charge in [0, 0.05) is 19.5 Å². The number of hydrogen-bond donors (Lipinski definition) is 4. The maximum atomic E-state index is 13.0. The Balaban J connectivity index is 1.28. The lowest BCUT2D eigenvalue weighted by atomic mass is 9.88. The lowest BCUT2D eigenvalue weighted by Gasteiger charge is -2.20. The topological polar surface area (TPSA) is 134 Å². The molecule has 0 radical (unpaired) electrons. The van der Waals surface area contributed by atoms with E-state index >= 15 is 0 Å². The highest BCUT2D eigenvalue weighted by Crippen LogP contribution is 2.33. The van der Waals surface area contributed by atoms with E-state index in [2.05, 4.69) is 49.9 Å². The number of nitrogens with zero attached hydrogens (tertiary/aromatic N) is 4. The standard InChI is InChI=1S/C26H27ClN6O4/c1-28-22-18-23(32-26(27)31-22)33(14-30-18)25-20(35)19(34)21(37-25)24(36)29-13-12-17(15-8-4-2-5-9-15)16-10-6-3-7-11-16/h2-11,14,17,19-21,25,34-35H,12-13H2,1H3,(H,29,36)(H,28,31,32)/t19-,20+,21-,25+/m0/s1. The monoisotopic (exact) mass is 522 g/mol. The Morgan fingerprint density at radius 1 is 1.05 bits per heavy atom. The van der Waals surface area contributed by atoms with E-state index in [1.54, 1.807) is 7.05 Å². The van der Waals surface area contributed by atoms with E-state index < -0.39 is 30.4 Å². The van der Waals surface area contributed by atoms with Gasteiger partial charge in [0.05, 0.1) is 6.33 Å². The zero-order chi connectivity index (χ0) is 25.9. The second-order valence-corrected chi connectivity index (χ2v) is 9.14. The lowest BCUT2D eigenvalue weighted by molar-refractivity contribution is -0.137. The molecule has 10 nitrogen and oxygen atoms in total. The predicted molar refractivity (Wildman–Crippen MR) is 138 cm³/mol. The third kappa shape index (κ3) is 5.01. The number of nitrogens with one attached hydrogen (secondary N) is 2. The third-order valence-electron chi connectivity index (χ3n) is 6.54. The fourth-order valence-electron chi connectivity index (χ4n) is 4.69. The van der Waals surface area contributed by atoms with E-state index in [4.69, 9.17) is 16.3 Å². The molecule has 2 aromatic carbocycles. The van der Waals surface area contributed by atoms with Crippen molar-refractivity contribution in [2.24, 2.45) is 0 Å². The van der Waals surface area contributed by atoms with E-state index in [0.717, 1.165) is 11.1 Å². The first-order chi connectivity index (χ1) is 18.0. The fourth-order valence-corrected chi connectivity index (χ4v) is 4.86. The lowest BCUT2D eigenvalue weighted by Crippen LogP contribution is -2.43. The van der Waals surface area contributed by atoms with Crippen LogP contribution in [-0.4, -0.2) is 67.5 Å². The second kappa shape index (κ2) is 10.8. The number of aromatic nitrogens is 4. The average molecular weight is 523 g/mol. The normalized spacial score (nSPS) is 21.4. The molecule has 4 N–H and O–H groups in total. The molecule has 0 unspecified atom stereocenters. The zero-order valence-corrected chi connectivity index (χ0v) is 20.8. The van der Waals surface area contributed by atoms with Crippen molar-refractivity contribution in [1.82, 2.24) is 24.8 Å². The summed E-state index contributed by atoms with van der Waals surface area (Å²) in [6.07, 6.45) is -3.15. The number of hydrogen-bond acceptors (Lipinski definition) is 8. The van der Waals surface area contributed by atoms with Crippen molar-refractivity contribution in [2.75, 3.05) is 18.9 Å². The van der Waals surface area contributed by atoms with E-state index in [-0.39, 0.29) is 11.2 Å². The molecule has 4 aromatic rings. The third-order valence-corrected chi connectivity index (χ3v) is 6.71. The molecule has 0 spiro atoms. The SMILES string of the molecule is CNc1nc(Cl)nc2c1ncn2[C@@H]1O[C@H](C(=O)NCCC(c2ccccc2)c2ccccc2)[C@@H](O)[C@H]1O. The van der Waals surface area contributed by atoms with Gasteiger partial charge in [0.15, 0.2) is 29.3 Å². The molecular weight excluding hydrogens is 496 g/mol. The number of rotatable bonds is 8. The summed E-state index contributed by atoms with van der Waals surface area (Å²) in [5.74, 6) is -0.0250. The van der Waals surface area contributed by atoms with Crippen LogP contribution in [0.2, 0.25) is 5.28 Å². The smallest absolute Gasteiger partial charge is 0.252 e. The average Bonchev–Trinajstić information content (AvgIpc) is 3.47. The van der Waals surface area contributed by atoms with Crippen molar-refractivity contribution in [2.45, 2.75) is 36.9 Å². The van der Waals surface area contributed by atoms with Crippen LogP contribution in [0.3, 0.4) is 0 Å². The molecule has 4 atom stereocenters. The summed E-state index contributed by atoms with van der Waals surface area (Å²) in [7, 11) is 1.67. The van der Waals surface area contributed by atoms with Crippen LogP contribution >= 0.6 is 11.6 Å². The molecule has 11 heteroatoms. The summed E-state index contributed by atoms with van der Waals surface area (Å²) in [6.45, 7) is 0.350. The van der Waals surface area contributed by atoms with Crippen LogP contribution in [0.25, 0.3) is 11.2 Å². The van der Waals surface area contributed by atoms with Gasteiger partial charge >= 0.3 is 0 Å². The van der Waals surface area contributed by atoms with E-state index in [0.29, 0.717) is 29.9 Å². The van der Waals surface area contributed by atoms with Crippen LogP contribution in [0, 0.1) is 0 Å². The molecule has 1 aliphatic heterocycles. The minimum atomic E-state index is -1.44. The van der Waals surface area contributed by atoms with E-state index in [9.17, 15) is 15.0 Å². The Morgan fingerprint density at radius 3 is 2.32 bits per heavy atom. The van der Waals surface area contributed by atoms with Gasteiger partial charge in [0.25, 0.3) is 5.91 Å². The van der Waals surface area contributed by atoms with Crippen molar-refractivity contribution in [3.63, 3.8) is 0 Å². The molecule has 3 heterocycles. The molecule has 1 fully saturated rings. The summed E-state index contributed by atoms with van der Waals surface area (Å²) in [5, 5.41) is 27.1.